The van der Waals surface area contributed by atoms with E-state index in [1.807, 2.05) is 0 Å². The fourth-order valence-electron chi connectivity index (χ4n) is 1.89. The average Bonchev–Trinajstić information content (AvgIpc) is 2.39. The Morgan fingerprint density at radius 1 is 0.789 bits per heavy atom. The van der Waals surface area contributed by atoms with Crippen molar-refractivity contribution in [3.63, 3.8) is 0 Å². The Bertz CT molecular complexity index is 346. The average molecular weight is 303 g/mol. The van der Waals surface area contributed by atoms with E-state index in [-0.39, 0.29) is 5.24 Å². The van der Waals surface area contributed by atoms with Gasteiger partial charge >= 0.3 is 0 Å². The van der Waals surface area contributed by atoms with Crippen molar-refractivity contribution in [2.75, 3.05) is 5.88 Å². The van der Waals surface area contributed by atoms with Crippen LogP contribution in [0.15, 0.2) is 0 Å². The molecule has 0 heterocycles. The lowest BCUT2D eigenvalue weighted by atomic mass is 9.90. The number of benzene rings is 1. The summed E-state index contributed by atoms with van der Waals surface area (Å²) in [6.07, 6.45) is 1.08. The lowest BCUT2D eigenvalue weighted by Crippen LogP contribution is -1.98. The molecule has 0 atom stereocenters. The summed E-state index contributed by atoms with van der Waals surface area (Å²) in [6, 6.07) is 0. The number of hydrogen-bond donors (Lipinski definition) is 0. The SMILES string of the molecule is Cc1c(C)c(C)c(C)c(C)c1C.O=C(Cl)CCCCl. The van der Waals surface area contributed by atoms with E-state index in [9.17, 15) is 4.79 Å². The highest BCUT2D eigenvalue weighted by Gasteiger charge is 2.07. The summed E-state index contributed by atoms with van der Waals surface area (Å²) in [6.45, 7) is 13.3. The maximum atomic E-state index is 9.91. The van der Waals surface area contributed by atoms with Crippen molar-refractivity contribution >= 4 is 28.4 Å². The maximum Gasteiger partial charge on any atom is 0.221 e. The van der Waals surface area contributed by atoms with Gasteiger partial charge in [-0.3, -0.25) is 4.79 Å². The van der Waals surface area contributed by atoms with Crippen LogP contribution in [0.25, 0.3) is 0 Å². The molecular weight excluding hydrogens is 279 g/mol. The van der Waals surface area contributed by atoms with Crippen molar-refractivity contribution in [2.24, 2.45) is 0 Å². The van der Waals surface area contributed by atoms with Gasteiger partial charge in [0.2, 0.25) is 5.24 Å². The Morgan fingerprint density at radius 3 is 1.16 bits per heavy atom. The summed E-state index contributed by atoms with van der Waals surface area (Å²) in [5.74, 6) is 0.512. The van der Waals surface area contributed by atoms with Crippen molar-refractivity contribution in [3.05, 3.63) is 33.4 Å². The highest BCUT2D eigenvalue weighted by Crippen LogP contribution is 2.24. The number of carbonyl (C=O) groups is 1. The first-order valence-corrected chi connectivity index (χ1v) is 7.43. The monoisotopic (exact) mass is 302 g/mol. The summed E-state index contributed by atoms with van der Waals surface area (Å²) >= 11 is 10.2. The van der Waals surface area contributed by atoms with E-state index < -0.39 is 0 Å². The highest BCUT2D eigenvalue weighted by atomic mass is 35.5. The van der Waals surface area contributed by atoms with Gasteiger partial charge in [0.1, 0.15) is 0 Å². The smallest absolute Gasteiger partial charge is 0.221 e. The third-order valence-electron chi connectivity index (χ3n) is 3.88. The predicted molar refractivity (Wildman–Crippen MR) is 85.7 cm³/mol. The summed E-state index contributed by atoms with van der Waals surface area (Å²) in [5, 5.41) is -0.305. The van der Waals surface area contributed by atoms with Gasteiger partial charge in [-0.2, -0.15) is 0 Å². The summed E-state index contributed by atoms with van der Waals surface area (Å²) in [4.78, 5) is 9.91. The Morgan fingerprint density at radius 2 is 1.05 bits per heavy atom. The van der Waals surface area contributed by atoms with Crippen LogP contribution in [0.4, 0.5) is 0 Å². The van der Waals surface area contributed by atoms with E-state index in [0.717, 1.165) is 0 Å². The van der Waals surface area contributed by atoms with Crippen LogP contribution >= 0.6 is 23.2 Å². The van der Waals surface area contributed by atoms with Gasteiger partial charge in [0.25, 0.3) is 0 Å². The molecule has 0 fully saturated rings. The van der Waals surface area contributed by atoms with Crippen molar-refractivity contribution < 1.29 is 4.79 Å². The van der Waals surface area contributed by atoms with Crippen molar-refractivity contribution in [2.45, 2.75) is 54.4 Å². The summed E-state index contributed by atoms with van der Waals surface area (Å²) in [7, 11) is 0. The van der Waals surface area contributed by atoms with Crippen LogP contribution in [0.1, 0.15) is 46.2 Å². The second kappa shape index (κ2) is 8.60. The van der Waals surface area contributed by atoms with Gasteiger partial charge in [-0.25, -0.2) is 0 Å². The third kappa shape index (κ3) is 5.54. The molecular formula is C16H24Cl2O. The lowest BCUT2D eigenvalue weighted by Gasteiger charge is -2.15. The van der Waals surface area contributed by atoms with Gasteiger partial charge in [-0.15, -0.1) is 11.6 Å². The van der Waals surface area contributed by atoms with Crippen molar-refractivity contribution in [1.29, 1.82) is 0 Å². The number of rotatable bonds is 3. The first-order valence-electron chi connectivity index (χ1n) is 6.51. The normalized spacial score (nSPS) is 9.89. The Hall–Kier alpha value is -0.530. The molecule has 0 aliphatic rings. The van der Waals surface area contributed by atoms with Crippen LogP contribution in [-0.2, 0) is 4.79 Å². The van der Waals surface area contributed by atoms with Gasteiger partial charge in [0.05, 0.1) is 0 Å². The van der Waals surface area contributed by atoms with Gasteiger partial charge in [0.15, 0.2) is 0 Å². The summed E-state index contributed by atoms with van der Waals surface area (Å²) in [5.41, 5.74) is 8.73. The molecule has 0 aromatic heterocycles. The minimum atomic E-state index is -0.305. The van der Waals surface area contributed by atoms with Crippen molar-refractivity contribution in [1.82, 2.24) is 0 Å². The molecule has 0 saturated carbocycles. The predicted octanol–water partition coefficient (Wildman–Crippen LogP) is 5.31. The molecule has 19 heavy (non-hydrogen) atoms. The van der Waals surface area contributed by atoms with Gasteiger partial charge < -0.3 is 0 Å². The summed E-state index contributed by atoms with van der Waals surface area (Å²) < 4.78 is 0. The van der Waals surface area contributed by atoms with Crippen LogP contribution in [0, 0.1) is 41.5 Å². The molecule has 1 aromatic carbocycles. The quantitative estimate of drug-likeness (QED) is 0.546. The van der Waals surface area contributed by atoms with E-state index >= 15 is 0 Å². The van der Waals surface area contributed by atoms with E-state index in [4.69, 9.17) is 23.2 Å². The molecule has 3 heteroatoms. The molecule has 0 saturated heterocycles. The van der Waals surface area contributed by atoms with E-state index in [1.54, 1.807) is 0 Å². The van der Waals surface area contributed by atoms with Crippen LogP contribution < -0.4 is 0 Å². The molecule has 108 valence electrons. The first-order chi connectivity index (χ1) is 8.73. The van der Waals surface area contributed by atoms with Gasteiger partial charge in [-0.05, 0) is 92.9 Å². The lowest BCUT2D eigenvalue weighted by molar-refractivity contribution is -0.111. The third-order valence-corrected chi connectivity index (χ3v) is 4.34. The zero-order chi connectivity index (χ0) is 15.2. The fraction of sp³-hybridized carbons (Fsp3) is 0.562. The zero-order valence-electron chi connectivity index (χ0n) is 12.8. The van der Waals surface area contributed by atoms with Crippen LogP contribution in [0.3, 0.4) is 0 Å². The first kappa shape index (κ1) is 18.5. The number of carbonyl (C=O) groups excluding carboxylic acids is 1. The molecule has 0 bridgehead atoms. The highest BCUT2D eigenvalue weighted by molar-refractivity contribution is 6.63. The van der Waals surface area contributed by atoms with Gasteiger partial charge in [0, 0.05) is 12.3 Å². The second-order valence-corrected chi connectivity index (χ2v) is 5.70. The van der Waals surface area contributed by atoms with Crippen LogP contribution in [0.5, 0.6) is 0 Å². The fourth-order valence-corrected chi connectivity index (χ4v) is 2.16. The number of hydrogen-bond acceptors (Lipinski definition) is 1. The molecule has 1 nitrogen and oxygen atoms in total. The minimum Gasteiger partial charge on any atom is -0.281 e. The van der Waals surface area contributed by atoms with Gasteiger partial charge in [-0.1, -0.05) is 0 Å². The standard InChI is InChI=1S/C12H18.C4H6Cl2O/c1-7-8(2)10(4)12(6)11(5)9(7)3;5-3-1-2-4(6)7/h1-6H3;1-3H2. The molecule has 0 radical (unpaired) electrons. The Labute approximate surface area is 127 Å². The largest absolute Gasteiger partial charge is 0.281 e. The number of alkyl halides is 1. The second-order valence-electron chi connectivity index (χ2n) is 4.90. The molecule has 1 rings (SSSR count). The Kier molecular flexibility index (Phi) is 8.36. The topological polar surface area (TPSA) is 17.1 Å². The van der Waals surface area contributed by atoms with Crippen LogP contribution in [-0.4, -0.2) is 11.1 Å². The van der Waals surface area contributed by atoms with E-state index in [0.29, 0.717) is 18.7 Å². The van der Waals surface area contributed by atoms with E-state index in [1.165, 1.54) is 33.4 Å². The molecule has 0 aliphatic carbocycles. The minimum absolute atomic E-state index is 0.305. The molecule has 0 spiro atoms. The molecule has 0 aliphatic heterocycles. The van der Waals surface area contributed by atoms with Crippen LogP contribution in [0.2, 0.25) is 0 Å². The molecule has 0 unspecified atom stereocenters. The molecule has 1 aromatic rings. The number of halogens is 2. The molecule has 0 amide bonds. The van der Waals surface area contributed by atoms with Crippen molar-refractivity contribution in [3.8, 4) is 0 Å². The zero-order valence-corrected chi connectivity index (χ0v) is 14.3. The van der Waals surface area contributed by atoms with E-state index in [2.05, 4.69) is 41.5 Å². The molecule has 0 N–H and O–H groups in total. The maximum absolute atomic E-state index is 9.91. The Balaban J connectivity index is 0.000000399.